The third-order valence-electron chi connectivity index (χ3n) is 7.96. The Morgan fingerprint density at radius 3 is 2.29 bits per heavy atom. The molecule has 0 aliphatic carbocycles. The molecule has 0 spiro atoms. The van der Waals surface area contributed by atoms with Gasteiger partial charge in [0.2, 0.25) is 17.7 Å². The molecule has 2 saturated heterocycles. The Bertz CT molecular complexity index is 1380. The van der Waals surface area contributed by atoms with Crippen molar-refractivity contribution in [2.75, 3.05) is 19.6 Å². The molecule has 1 N–H and O–H groups in total. The van der Waals surface area contributed by atoms with E-state index in [4.69, 9.17) is 0 Å². The summed E-state index contributed by atoms with van der Waals surface area (Å²) in [5.41, 5.74) is 2.85. The molecule has 0 saturated carbocycles. The van der Waals surface area contributed by atoms with Crippen molar-refractivity contribution >= 4 is 17.7 Å². The molecule has 8 heteroatoms. The van der Waals surface area contributed by atoms with E-state index in [1.165, 1.54) is 0 Å². The van der Waals surface area contributed by atoms with E-state index in [-0.39, 0.29) is 55.4 Å². The van der Waals surface area contributed by atoms with Crippen LogP contribution < -0.4 is 0 Å². The highest BCUT2D eigenvalue weighted by atomic mass is 16.3. The Kier molecular flexibility index (Phi) is 8.50. The summed E-state index contributed by atoms with van der Waals surface area (Å²) >= 11 is 0. The number of carbonyl (C=O) groups excluding carboxylic acids is 3. The first kappa shape index (κ1) is 28.1. The zero-order chi connectivity index (χ0) is 28.9. The number of phenolic OH excluding ortho intramolecular Hbond substituents is 1. The van der Waals surface area contributed by atoms with Crippen molar-refractivity contribution in [3.05, 3.63) is 114 Å². The zero-order valence-electron chi connectivity index (χ0n) is 23.3. The predicted molar refractivity (Wildman–Crippen MR) is 156 cm³/mol. The van der Waals surface area contributed by atoms with Crippen molar-refractivity contribution in [1.82, 2.24) is 19.8 Å². The number of phenols is 1. The molecule has 3 atom stereocenters. The lowest BCUT2D eigenvalue weighted by molar-refractivity contribution is -0.206. The highest BCUT2D eigenvalue weighted by Crippen LogP contribution is 2.33. The molecule has 2 heterocycles. The molecule has 0 unspecified atom stereocenters. The highest BCUT2D eigenvalue weighted by molar-refractivity contribution is 5.92. The van der Waals surface area contributed by atoms with E-state index in [0.717, 1.165) is 16.7 Å². The monoisotopic (exact) mass is 552 g/mol. The number of hydrogen-bond donors (Lipinski definition) is 1. The van der Waals surface area contributed by atoms with Gasteiger partial charge in [0.05, 0.1) is 19.1 Å². The molecule has 3 aromatic rings. The van der Waals surface area contributed by atoms with Crippen molar-refractivity contribution < 1.29 is 19.5 Å². The van der Waals surface area contributed by atoms with E-state index >= 15 is 0 Å². The summed E-state index contributed by atoms with van der Waals surface area (Å²) in [5, 5.41) is 13.2. The Morgan fingerprint density at radius 2 is 1.63 bits per heavy atom. The van der Waals surface area contributed by atoms with Crippen LogP contribution in [0.3, 0.4) is 0 Å². The van der Waals surface area contributed by atoms with Crippen molar-refractivity contribution in [3.63, 3.8) is 0 Å². The van der Waals surface area contributed by atoms with E-state index < -0.39 is 12.2 Å². The minimum Gasteiger partial charge on any atom is -0.508 e. The third kappa shape index (κ3) is 6.02. The lowest BCUT2D eigenvalue weighted by Gasteiger charge is -2.56. The predicted octanol–water partition coefficient (Wildman–Crippen LogP) is 3.94. The molecule has 3 aromatic carbocycles. The number of hydrazine groups is 1. The molecule has 0 aromatic heterocycles. The maximum Gasteiger partial charge on any atom is 0.246 e. The average Bonchev–Trinajstić information content (AvgIpc) is 2.99. The van der Waals surface area contributed by atoms with Gasteiger partial charge in [-0.2, -0.15) is 0 Å². The number of nitrogens with zero attached hydrogens (tertiary/aromatic N) is 4. The first-order valence-corrected chi connectivity index (χ1v) is 14.0. The van der Waals surface area contributed by atoms with E-state index in [9.17, 15) is 19.5 Å². The molecule has 3 amide bonds. The fourth-order valence-corrected chi connectivity index (χ4v) is 5.85. The van der Waals surface area contributed by atoms with Crippen LogP contribution in [0, 0.1) is 0 Å². The number of rotatable bonds is 9. The molecule has 212 valence electrons. The maximum atomic E-state index is 14.2. The lowest BCUT2D eigenvalue weighted by Crippen LogP contribution is -2.76. The normalized spacial score (nSPS) is 20.1. The largest absolute Gasteiger partial charge is 0.508 e. The summed E-state index contributed by atoms with van der Waals surface area (Å²) in [4.78, 5) is 45.2. The quantitative estimate of drug-likeness (QED) is 0.407. The molecule has 0 bridgehead atoms. The fourth-order valence-electron chi connectivity index (χ4n) is 5.85. The molecule has 2 fully saturated rings. The molecular formula is C33H36N4O4. The van der Waals surface area contributed by atoms with Crippen LogP contribution >= 0.6 is 0 Å². The number of fused-ring (bicyclic) bond motifs is 1. The van der Waals surface area contributed by atoms with Crippen LogP contribution in [0.2, 0.25) is 0 Å². The Balaban J connectivity index is 1.51. The van der Waals surface area contributed by atoms with Crippen LogP contribution in [-0.4, -0.2) is 74.5 Å². The summed E-state index contributed by atoms with van der Waals surface area (Å²) < 4.78 is 0. The topological polar surface area (TPSA) is 84.4 Å². The second-order valence-corrected chi connectivity index (χ2v) is 10.6. The average molecular weight is 553 g/mol. The standard InChI is InChI=1S/C33H36N4O4/c1-3-20-34-23-32(40)36-29(21-26-14-17-28(38)18-15-26)33(41)35(24(2)27-12-8-5-9-13-27)22-30(36)37(34)31(39)19-16-25-10-6-4-7-11-25/h3-15,17-18,24,29-30,38H,1,16,19-23H2,2H3/t24-,29+,30-/m1/s1. The SMILES string of the molecule is C=CCN1CC(=O)N2[C@@H](CN([C@H](C)c3ccccc3)C(=O)[C@@H]2Cc2ccc(O)cc2)N1C(=O)CCc1ccccc1. The van der Waals surface area contributed by atoms with Gasteiger partial charge in [-0.15, -0.1) is 6.58 Å². The first-order chi connectivity index (χ1) is 19.9. The van der Waals surface area contributed by atoms with Gasteiger partial charge < -0.3 is 14.9 Å². The molecular weight excluding hydrogens is 516 g/mol. The van der Waals surface area contributed by atoms with Gasteiger partial charge in [0.25, 0.3) is 0 Å². The van der Waals surface area contributed by atoms with Gasteiger partial charge >= 0.3 is 0 Å². The Hall–Kier alpha value is -4.43. The van der Waals surface area contributed by atoms with Crippen molar-refractivity contribution in [1.29, 1.82) is 0 Å². The second kappa shape index (κ2) is 12.4. The minimum atomic E-state index is -0.799. The van der Waals surface area contributed by atoms with Gasteiger partial charge in [-0.1, -0.05) is 78.9 Å². The molecule has 0 radical (unpaired) electrons. The summed E-state index contributed by atoms with van der Waals surface area (Å²) in [7, 11) is 0. The molecule has 41 heavy (non-hydrogen) atoms. The zero-order valence-corrected chi connectivity index (χ0v) is 23.3. The minimum absolute atomic E-state index is 0.0206. The van der Waals surface area contributed by atoms with E-state index in [0.29, 0.717) is 13.0 Å². The number of aryl methyl sites for hydroxylation is 1. The van der Waals surface area contributed by atoms with E-state index in [1.54, 1.807) is 50.2 Å². The van der Waals surface area contributed by atoms with Crippen molar-refractivity contribution in [3.8, 4) is 5.75 Å². The van der Waals surface area contributed by atoms with Crippen LogP contribution in [0.15, 0.2) is 97.6 Å². The van der Waals surface area contributed by atoms with Gasteiger partial charge in [-0.05, 0) is 42.2 Å². The number of aromatic hydroxyl groups is 1. The Labute approximate surface area is 241 Å². The number of piperazine rings is 1. The highest BCUT2D eigenvalue weighted by Gasteiger charge is 2.51. The van der Waals surface area contributed by atoms with Crippen LogP contribution in [0.5, 0.6) is 5.75 Å². The second-order valence-electron chi connectivity index (χ2n) is 10.6. The van der Waals surface area contributed by atoms with Gasteiger partial charge in [0, 0.05) is 19.4 Å². The summed E-state index contributed by atoms with van der Waals surface area (Å²) in [5.74, 6) is -0.338. The Morgan fingerprint density at radius 1 is 0.976 bits per heavy atom. The smallest absolute Gasteiger partial charge is 0.246 e. The summed E-state index contributed by atoms with van der Waals surface area (Å²) in [6.45, 7) is 6.34. The van der Waals surface area contributed by atoms with E-state index in [2.05, 4.69) is 6.58 Å². The molecule has 2 aliphatic rings. The summed E-state index contributed by atoms with van der Waals surface area (Å²) in [6, 6.07) is 25.2. The van der Waals surface area contributed by atoms with Crippen LogP contribution in [0.1, 0.15) is 36.1 Å². The van der Waals surface area contributed by atoms with Gasteiger partial charge in [0.15, 0.2) is 0 Å². The van der Waals surface area contributed by atoms with Crippen LogP contribution in [0.25, 0.3) is 0 Å². The molecule has 8 nitrogen and oxygen atoms in total. The summed E-state index contributed by atoms with van der Waals surface area (Å²) in [6.07, 6.45) is 2.13. The van der Waals surface area contributed by atoms with Gasteiger partial charge in [0.1, 0.15) is 18.0 Å². The number of amides is 3. The van der Waals surface area contributed by atoms with Crippen LogP contribution in [-0.2, 0) is 27.2 Å². The number of hydrogen-bond acceptors (Lipinski definition) is 5. The lowest BCUT2D eigenvalue weighted by atomic mass is 9.96. The van der Waals surface area contributed by atoms with Gasteiger partial charge in [-0.3, -0.25) is 14.4 Å². The maximum absolute atomic E-state index is 14.2. The molecule has 2 aliphatic heterocycles. The van der Waals surface area contributed by atoms with Crippen LogP contribution in [0.4, 0.5) is 0 Å². The number of benzene rings is 3. The van der Waals surface area contributed by atoms with Crippen molar-refractivity contribution in [2.24, 2.45) is 0 Å². The van der Waals surface area contributed by atoms with Crippen molar-refractivity contribution in [2.45, 2.75) is 44.4 Å². The van der Waals surface area contributed by atoms with E-state index in [1.807, 2.05) is 67.6 Å². The third-order valence-corrected chi connectivity index (χ3v) is 7.96. The first-order valence-electron chi connectivity index (χ1n) is 14.0. The van der Waals surface area contributed by atoms with Gasteiger partial charge in [-0.25, -0.2) is 10.0 Å². The molecule has 5 rings (SSSR count). The fraction of sp³-hybridized carbons (Fsp3) is 0.303. The number of carbonyl (C=O) groups is 3.